The van der Waals surface area contributed by atoms with E-state index >= 15 is 0 Å². The van der Waals surface area contributed by atoms with E-state index in [1.165, 1.54) is 31.7 Å². The minimum Gasteiger partial charge on any atom is -0.342 e. The quantitative estimate of drug-likeness (QED) is 0.695. The van der Waals surface area contributed by atoms with E-state index in [4.69, 9.17) is 4.98 Å². The van der Waals surface area contributed by atoms with Gasteiger partial charge in [0.1, 0.15) is 4.90 Å². The van der Waals surface area contributed by atoms with E-state index in [1.807, 2.05) is 4.90 Å². The number of rotatable bonds is 5. The molecule has 0 aliphatic carbocycles. The largest absolute Gasteiger partial charge is 0.342 e. The fourth-order valence-electron chi connectivity index (χ4n) is 4.83. The van der Waals surface area contributed by atoms with E-state index < -0.39 is 9.84 Å². The molecule has 3 saturated heterocycles. The summed E-state index contributed by atoms with van der Waals surface area (Å²) in [7, 11) is -3.40. The molecule has 3 aliphatic rings. The predicted molar refractivity (Wildman–Crippen MR) is 115 cm³/mol. The highest BCUT2D eigenvalue weighted by Gasteiger charge is 2.30. The third kappa shape index (κ3) is 4.94. The molecule has 0 atom stereocenters. The molecule has 4 rings (SSSR count). The van der Waals surface area contributed by atoms with Crippen LogP contribution in [0, 0.1) is 0 Å². The first-order valence-corrected chi connectivity index (χ1v) is 13.1. The third-order valence-electron chi connectivity index (χ3n) is 6.60. The van der Waals surface area contributed by atoms with Crippen molar-refractivity contribution in [1.82, 2.24) is 19.8 Å². The van der Waals surface area contributed by atoms with Gasteiger partial charge in [0, 0.05) is 38.4 Å². The van der Waals surface area contributed by atoms with Crippen molar-refractivity contribution in [1.29, 1.82) is 0 Å². The number of hydrogen-bond donors (Lipinski definition) is 0. The molecule has 0 unspecified atom stereocenters. The molecule has 0 bridgehead atoms. The van der Waals surface area contributed by atoms with Gasteiger partial charge in [0.25, 0.3) is 0 Å². The number of nitrogens with zero attached hydrogens (tertiary/aromatic N) is 5. The molecule has 1 aromatic rings. The Morgan fingerprint density at radius 3 is 2.27 bits per heavy atom. The van der Waals surface area contributed by atoms with Crippen LogP contribution in [0.5, 0.6) is 0 Å². The van der Waals surface area contributed by atoms with Gasteiger partial charge in [0.05, 0.1) is 18.4 Å². The van der Waals surface area contributed by atoms with Gasteiger partial charge in [-0.2, -0.15) is 0 Å². The number of likely N-dealkylation sites (tertiary alicyclic amines) is 2. The first kappa shape index (κ1) is 21.5. The van der Waals surface area contributed by atoms with Crippen LogP contribution >= 0.6 is 0 Å². The highest BCUT2D eigenvalue weighted by Crippen LogP contribution is 2.32. The smallest absolute Gasteiger partial charge is 0.236 e. The summed E-state index contributed by atoms with van der Waals surface area (Å²) in [4.78, 5) is 28.4. The first-order valence-electron chi connectivity index (χ1n) is 11.2. The lowest BCUT2D eigenvalue weighted by atomic mass is 9.93. The summed E-state index contributed by atoms with van der Waals surface area (Å²) >= 11 is 0. The number of piperidine rings is 2. The van der Waals surface area contributed by atoms with Crippen LogP contribution < -0.4 is 4.90 Å². The summed E-state index contributed by atoms with van der Waals surface area (Å²) in [6.45, 7) is 5.68. The van der Waals surface area contributed by atoms with Crippen molar-refractivity contribution in [3.8, 4) is 0 Å². The topological polar surface area (TPSA) is 86.7 Å². The van der Waals surface area contributed by atoms with Gasteiger partial charge in [-0.3, -0.25) is 9.69 Å². The maximum Gasteiger partial charge on any atom is 0.236 e. The molecule has 1 aromatic heterocycles. The molecule has 9 heteroatoms. The van der Waals surface area contributed by atoms with Gasteiger partial charge in [0.2, 0.25) is 11.9 Å². The molecular formula is C21H33N5O3S. The van der Waals surface area contributed by atoms with Gasteiger partial charge < -0.3 is 9.80 Å². The fraction of sp³-hybridized carbons (Fsp3) is 0.762. The summed E-state index contributed by atoms with van der Waals surface area (Å²) in [6, 6.07) is 0. The maximum atomic E-state index is 12.7. The Morgan fingerprint density at radius 1 is 1.00 bits per heavy atom. The van der Waals surface area contributed by atoms with Crippen molar-refractivity contribution in [3.63, 3.8) is 0 Å². The average Bonchev–Trinajstić information content (AvgIpc) is 3.28. The second-order valence-electron chi connectivity index (χ2n) is 8.88. The number of amides is 1. The van der Waals surface area contributed by atoms with Crippen LogP contribution in [0.4, 0.5) is 5.95 Å². The molecule has 4 heterocycles. The molecular weight excluding hydrogens is 402 g/mol. The molecule has 1 amide bonds. The number of carbonyl (C=O) groups is 1. The van der Waals surface area contributed by atoms with Gasteiger partial charge in [-0.25, -0.2) is 18.4 Å². The molecule has 0 N–H and O–H groups in total. The molecule has 0 spiro atoms. The Hall–Kier alpha value is -1.74. The van der Waals surface area contributed by atoms with Crippen molar-refractivity contribution >= 4 is 21.7 Å². The Balaban J connectivity index is 1.45. The number of sulfone groups is 1. The monoisotopic (exact) mass is 435 g/mol. The van der Waals surface area contributed by atoms with E-state index in [9.17, 15) is 13.2 Å². The van der Waals surface area contributed by atoms with E-state index in [0.29, 0.717) is 31.3 Å². The molecule has 166 valence electrons. The van der Waals surface area contributed by atoms with E-state index in [2.05, 4.69) is 14.8 Å². The van der Waals surface area contributed by atoms with Crippen molar-refractivity contribution in [3.05, 3.63) is 11.9 Å². The minimum atomic E-state index is -3.40. The summed E-state index contributed by atoms with van der Waals surface area (Å²) in [6.07, 6.45) is 10.0. The van der Waals surface area contributed by atoms with Crippen molar-refractivity contribution in [2.75, 3.05) is 57.0 Å². The average molecular weight is 436 g/mol. The molecule has 3 aliphatic heterocycles. The molecule has 8 nitrogen and oxygen atoms in total. The number of carbonyl (C=O) groups excluding carboxylic acids is 1. The summed E-state index contributed by atoms with van der Waals surface area (Å²) < 4.78 is 24.7. The highest BCUT2D eigenvalue weighted by atomic mass is 32.2. The predicted octanol–water partition coefficient (Wildman–Crippen LogP) is 1.67. The van der Waals surface area contributed by atoms with Gasteiger partial charge >= 0.3 is 0 Å². The number of anilines is 1. The Bertz CT molecular complexity index is 855. The van der Waals surface area contributed by atoms with Crippen LogP contribution in [0.3, 0.4) is 0 Å². The summed E-state index contributed by atoms with van der Waals surface area (Å²) in [5.74, 6) is 0.871. The Morgan fingerprint density at radius 2 is 1.63 bits per heavy atom. The van der Waals surface area contributed by atoms with Gasteiger partial charge in [-0.1, -0.05) is 6.42 Å². The number of hydrogen-bond acceptors (Lipinski definition) is 7. The Kier molecular flexibility index (Phi) is 6.57. The lowest BCUT2D eigenvalue weighted by Crippen LogP contribution is -2.45. The van der Waals surface area contributed by atoms with Crippen molar-refractivity contribution < 1.29 is 13.2 Å². The first-order chi connectivity index (χ1) is 14.4. The van der Waals surface area contributed by atoms with Gasteiger partial charge in [-0.05, 0) is 51.6 Å². The van der Waals surface area contributed by atoms with Crippen LogP contribution in [0.1, 0.15) is 56.6 Å². The zero-order chi connectivity index (χ0) is 21.1. The van der Waals surface area contributed by atoms with Gasteiger partial charge in [-0.15, -0.1) is 0 Å². The molecule has 30 heavy (non-hydrogen) atoms. The standard InChI is InChI=1S/C21H33N5O3S/c1-30(28,29)18-15-22-21(26-11-5-6-12-26)23-20(18)17-7-13-25(14-8-17)19(27)16-24-9-3-2-4-10-24/h15,17H,2-14,16H2,1H3. The lowest BCUT2D eigenvalue weighted by Gasteiger charge is -2.34. The Labute approximate surface area is 179 Å². The van der Waals surface area contributed by atoms with Crippen LogP contribution in [0.25, 0.3) is 0 Å². The second kappa shape index (κ2) is 9.18. The van der Waals surface area contributed by atoms with Crippen LogP contribution in [-0.2, 0) is 14.6 Å². The zero-order valence-corrected chi connectivity index (χ0v) is 18.7. The van der Waals surface area contributed by atoms with Crippen LogP contribution in [0.2, 0.25) is 0 Å². The second-order valence-corrected chi connectivity index (χ2v) is 10.9. The lowest BCUT2D eigenvalue weighted by molar-refractivity contribution is -0.133. The van der Waals surface area contributed by atoms with Crippen molar-refractivity contribution in [2.45, 2.75) is 55.8 Å². The molecule has 0 radical (unpaired) electrons. The zero-order valence-electron chi connectivity index (χ0n) is 17.9. The van der Waals surface area contributed by atoms with Crippen LogP contribution in [-0.4, -0.2) is 86.2 Å². The molecule has 0 saturated carbocycles. The number of aromatic nitrogens is 2. The van der Waals surface area contributed by atoms with E-state index in [-0.39, 0.29) is 16.7 Å². The summed E-state index contributed by atoms with van der Waals surface area (Å²) in [5.41, 5.74) is 0.637. The molecule has 0 aromatic carbocycles. The normalized spacial score (nSPS) is 21.9. The highest BCUT2D eigenvalue weighted by molar-refractivity contribution is 7.90. The SMILES string of the molecule is CS(=O)(=O)c1cnc(N2CCCC2)nc1C1CCN(C(=O)CN2CCCCC2)CC1. The van der Waals surface area contributed by atoms with Gasteiger partial charge in [0.15, 0.2) is 9.84 Å². The summed E-state index contributed by atoms with van der Waals surface area (Å²) in [5, 5.41) is 0. The molecule has 3 fully saturated rings. The minimum absolute atomic E-state index is 0.0399. The fourth-order valence-corrected chi connectivity index (χ4v) is 5.67. The van der Waals surface area contributed by atoms with E-state index in [0.717, 1.165) is 51.9 Å². The third-order valence-corrected chi connectivity index (χ3v) is 7.71. The van der Waals surface area contributed by atoms with Crippen molar-refractivity contribution in [2.24, 2.45) is 0 Å². The maximum absolute atomic E-state index is 12.7. The van der Waals surface area contributed by atoms with Crippen LogP contribution in [0.15, 0.2) is 11.1 Å². The van der Waals surface area contributed by atoms with E-state index in [1.54, 1.807) is 0 Å².